The lowest BCUT2D eigenvalue weighted by Gasteiger charge is -2.11. The van der Waals surface area contributed by atoms with Crippen LogP contribution in [0.2, 0.25) is 5.02 Å². The molecule has 4 rings (SSSR count). The van der Waals surface area contributed by atoms with Crippen molar-refractivity contribution in [2.75, 3.05) is 13.7 Å². The second-order valence-electron chi connectivity index (χ2n) is 6.52. The molecule has 4 aromatic rings. The van der Waals surface area contributed by atoms with Crippen LogP contribution in [0.5, 0.6) is 5.75 Å². The molecule has 6 nitrogen and oxygen atoms in total. The highest BCUT2D eigenvalue weighted by molar-refractivity contribution is 7.17. The molecule has 0 spiro atoms. The van der Waals surface area contributed by atoms with Gasteiger partial charge in [-0.05, 0) is 47.8 Å². The minimum Gasteiger partial charge on any atom is -0.496 e. The van der Waals surface area contributed by atoms with Gasteiger partial charge in [-0.3, -0.25) is 9.59 Å². The molecule has 0 atom stereocenters. The highest BCUT2D eigenvalue weighted by Crippen LogP contribution is 2.30. The summed E-state index contributed by atoms with van der Waals surface area (Å²) in [6.45, 7) is 0.515. The van der Waals surface area contributed by atoms with Crippen LogP contribution >= 0.6 is 22.9 Å². The molecule has 1 N–H and O–H groups in total. The molecule has 0 aliphatic rings. The third-order valence-electron chi connectivity index (χ3n) is 4.66. The highest BCUT2D eigenvalue weighted by atomic mass is 35.5. The van der Waals surface area contributed by atoms with Gasteiger partial charge in [0.15, 0.2) is 0 Å². The van der Waals surface area contributed by atoms with Crippen molar-refractivity contribution in [2.45, 2.75) is 6.54 Å². The van der Waals surface area contributed by atoms with Crippen LogP contribution in [0.1, 0.15) is 10.4 Å². The summed E-state index contributed by atoms with van der Waals surface area (Å²) >= 11 is 7.61. The third kappa shape index (κ3) is 4.08. The van der Waals surface area contributed by atoms with Gasteiger partial charge < -0.3 is 10.1 Å². The topological polar surface area (TPSA) is 73.2 Å². The molecule has 0 unspecified atom stereocenters. The Labute approximate surface area is 181 Å². The molecular formula is C22H18ClN3O3S. The Balaban J connectivity index is 1.50. The van der Waals surface area contributed by atoms with Crippen LogP contribution in [0, 0.1) is 0 Å². The van der Waals surface area contributed by atoms with E-state index < -0.39 is 0 Å². The molecule has 0 radical (unpaired) electrons. The van der Waals surface area contributed by atoms with Crippen molar-refractivity contribution in [3.63, 3.8) is 0 Å². The monoisotopic (exact) mass is 439 g/mol. The summed E-state index contributed by atoms with van der Waals surface area (Å²) in [4.78, 5) is 24.8. The Hall–Kier alpha value is -3.16. The van der Waals surface area contributed by atoms with Crippen molar-refractivity contribution in [1.82, 2.24) is 15.1 Å². The van der Waals surface area contributed by atoms with Crippen LogP contribution < -0.4 is 15.6 Å². The standard InChI is InChI=1S/C22H18ClN3O3S/c1-29-19-13-14(23)5-6-17(19)18-7-8-21(27)26(25-18)11-10-24-22(28)16-3-2-4-20-15(16)9-12-30-20/h2-9,12-13H,10-11H2,1H3,(H,24,28). The van der Waals surface area contributed by atoms with E-state index in [9.17, 15) is 9.59 Å². The number of hydrogen-bond donors (Lipinski definition) is 1. The summed E-state index contributed by atoms with van der Waals surface area (Å²) in [7, 11) is 1.55. The molecule has 2 aromatic carbocycles. The number of carbonyl (C=O) groups is 1. The number of carbonyl (C=O) groups excluding carboxylic acids is 1. The number of nitrogens with zero attached hydrogens (tertiary/aromatic N) is 2. The normalized spacial score (nSPS) is 10.9. The van der Waals surface area contributed by atoms with Crippen molar-refractivity contribution in [3.05, 3.63) is 80.9 Å². The van der Waals surface area contributed by atoms with Crippen LogP contribution in [-0.4, -0.2) is 29.3 Å². The van der Waals surface area contributed by atoms with Gasteiger partial charge in [-0.25, -0.2) is 4.68 Å². The second-order valence-corrected chi connectivity index (χ2v) is 7.90. The van der Waals surface area contributed by atoms with E-state index in [4.69, 9.17) is 16.3 Å². The number of thiophene rings is 1. The number of benzene rings is 2. The lowest BCUT2D eigenvalue weighted by atomic mass is 10.1. The Morgan fingerprint density at radius 2 is 2.07 bits per heavy atom. The molecule has 0 aliphatic carbocycles. The van der Waals surface area contributed by atoms with E-state index in [1.165, 1.54) is 10.7 Å². The van der Waals surface area contributed by atoms with E-state index in [1.807, 2.05) is 23.6 Å². The quantitative estimate of drug-likeness (QED) is 0.488. The average Bonchev–Trinajstić information content (AvgIpc) is 3.24. The molecule has 8 heteroatoms. The predicted octanol–water partition coefficient (Wildman–Crippen LogP) is 4.22. The number of methoxy groups -OCH3 is 1. The van der Waals surface area contributed by atoms with Crippen molar-refractivity contribution in [3.8, 4) is 17.0 Å². The van der Waals surface area contributed by atoms with Gasteiger partial charge in [-0.15, -0.1) is 11.3 Å². The van der Waals surface area contributed by atoms with Crippen LogP contribution in [0.15, 0.2) is 64.8 Å². The minimum absolute atomic E-state index is 0.178. The maximum atomic E-state index is 12.6. The first kappa shape index (κ1) is 20.1. The molecule has 30 heavy (non-hydrogen) atoms. The first-order valence-corrected chi connectivity index (χ1v) is 10.5. The maximum absolute atomic E-state index is 12.6. The fourth-order valence-electron chi connectivity index (χ4n) is 3.19. The first-order chi connectivity index (χ1) is 14.6. The van der Waals surface area contributed by atoms with E-state index in [0.29, 0.717) is 22.0 Å². The first-order valence-electron chi connectivity index (χ1n) is 9.23. The zero-order valence-corrected chi connectivity index (χ0v) is 17.7. The van der Waals surface area contributed by atoms with Gasteiger partial charge in [-0.2, -0.15) is 5.10 Å². The van der Waals surface area contributed by atoms with Crippen LogP contribution in [0.25, 0.3) is 21.3 Å². The Morgan fingerprint density at radius 3 is 2.90 bits per heavy atom. The van der Waals surface area contributed by atoms with Crippen LogP contribution in [-0.2, 0) is 6.54 Å². The van der Waals surface area contributed by atoms with Crippen molar-refractivity contribution in [1.29, 1.82) is 0 Å². The number of fused-ring (bicyclic) bond motifs is 1. The number of rotatable bonds is 6. The summed E-state index contributed by atoms with van der Waals surface area (Å²) in [5.74, 6) is 0.389. The van der Waals surface area contributed by atoms with Gasteiger partial charge in [0.1, 0.15) is 5.75 Å². The zero-order valence-electron chi connectivity index (χ0n) is 16.1. The summed E-state index contributed by atoms with van der Waals surface area (Å²) in [6, 6.07) is 15.9. The third-order valence-corrected chi connectivity index (χ3v) is 5.77. The molecule has 152 valence electrons. The molecule has 0 bridgehead atoms. The minimum atomic E-state index is -0.249. The lowest BCUT2D eigenvalue weighted by Crippen LogP contribution is -2.32. The largest absolute Gasteiger partial charge is 0.496 e. The summed E-state index contributed by atoms with van der Waals surface area (Å²) in [5, 5.41) is 10.7. The molecule has 0 saturated heterocycles. The van der Waals surface area contributed by atoms with Crippen molar-refractivity contribution >= 4 is 38.9 Å². The number of nitrogens with one attached hydrogen (secondary N) is 1. The fourth-order valence-corrected chi connectivity index (χ4v) is 4.17. The zero-order chi connectivity index (χ0) is 21.1. The Kier molecular flexibility index (Phi) is 5.83. The van der Waals surface area contributed by atoms with Gasteiger partial charge in [0, 0.05) is 38.8 Å². The van der Waals surface area contributed by atoms with Crippen LogP contribution in [0.4, 0.5) is 0 Å². The molecular weight excluding hydrogens is 422 g/mol. The van der Waals surface area contributed by atoms with Crippen LogP contribution in [0.3, 0.4) is 0 Å². The van der Waals surface area contributed by atoms with E-state index in [2.05, 4.69) is 10.4 Å². The molecule has 0 fully saturated rings. The number of ether oxygens (including phenoxy) is 1. The SMILES string of the molecule is COc1cc(Cl)ccc1-c1ccc(=O)n(CCNC(=O)c2cccc3sccc23)n1. The summed E-state index contributed by atoms with van der Waals surface area (Å²) in [6.07, 6.45) is 0. The number of amides is 1. The van der Waals surface area contributed by atoms with Gasteiger partial charge in [0.25, 0.3) is 11.5 Å². The molecule has 0 saturated carbocycles. The number of halogens is 1. The fraction of sp³-hybridized carbons (Fsp3) is 0.136. The van der Waals surface area contributed by atoms with Gasteiger partial charge in [-0.1, -0.05) is 17.7 Å². The molecule has 2 heterocycles. The molecule has 1 amide bonds. The number of hydrogen-bond acceptors (Lipinski definition) is 5. The lowest BCUT2D eigenvalue weighted by molar-refractivity contribution is 0.0953. The smallest absolute Gasteiger partial charge is 0.266 e. The Bertz CT molecular complexity index is 1280. The Morgan fingerprint density at radius 1 is 1.20 bits per heavy atom. The summed E-state index contributed by atoms with van der Waals surface area (Å²) in [5.41, 5.74) is 1.68. The van der Waals surface area contributed by atoms with Gasteiger partial charge in [0.05, 0.1) is 19.3 Å². The molecule has 0 aliphatic heterocycles. The van der Waals surface area contributed by atoms with E-state index in [-0.39, 0.29) is 24.6 Å². The van der Waals surface area contributed by atoms with Crippen molar-refractivity contribution in [2.24, 2.45) is 0 Å². The molecule has 2 aromatic heterocycles. The van der Waals surface area contributed by atoms with E-state index in [1.54, 1.807) is 48.8 Å². The van der Waals surface area contributed by atoms with E-state index >= 15 is 0 Å². The van der Waals surface area contributed by atoms with Crippen molar-refractivity contribution < 1.29 is 9.53 Å². The second kappa shape index (κ2) is 8.69. The predicted molar refractivity (Wildman–Crippen MR) is 120 cm³/mol. The van der Waals surface area contributed by atoms with Gasteiger partial charge >= 0.3 is 0 Å². The maximum Gasteiger partial charge on any atom is 0.266 e. The van der Waals surface area contributed by atoms with E-state index in [0.717, 1.165) is 15.6 Å². The average molecular weight is 440 g/mol. The highest BCUT2D eigenvalue weighted by Gasteiger charge is 2.12. The number of aromatic nitrogens is 2. The van der Waals surface area contributed by atoms with Gasteiger partial charge in [0.2, 0.25) is 0 Å². The summed E-state index contributed by atoms with van der Waals surface area (Å²) < 4.78 is 7.76.